The summed E-state index contributed by atoms with van der Waals surface area (Å²) in [5.41, 5.74) is -5.26. The lowest BCUT2D eigenvalue weighted by Gasteiger charge is -2.43. The number of ether oxygens (including phenoxy) is 1. The highest BCUT2D eigenvalue weighted by molar-refractivity contribution is 6.16. The van der Waals surface area contributed by atoms with E-state index in [2.05, 4.69) is 12.6 Å². The highest BCUT2D eigenvalue weighted by Gasteiger charge is 2.70. The number of hydrogen-bond acceptors (Lipinski definition) is 3. The number of hydrogen-bond donors (Lipinski definition) is 0. The molecule has 0 aromatic carbocycles. The van der Waals surface area contributed by atoms with Crippen LogP contribution in [0.3, 0.4) is 0 Å². The van der Waals surface area contributed by atoms with Crippen LogP contribution in [0.25, 0.3) is 0 Å². The Morgan fingerprint density at radius 1 is 0.913 bits per heavy atom. The summed E-state index contributed by atoms with van der Waals surface area (Å²) in [5, 5.41) is 0. The van der Waals surface area contributed by atoms with Crippen LogP contribution in [0.5, 0.6) is 0 Å². The van der Waals surface area contributed by atoms with Gasteiger partial charge in [0.2, 0.25) is 0 Å². The van der Waals surface area contributed by atoms with Gasteiger partial charge >= 0.3 is 18.4 Å². The van der Waals surface area contributed by atoms with Gasteiger partial charge in [-0.05, 0) is 20.8 Å². The van der Waals surface area contributed by atoms with E-state index in [4.69, 9.17) is 0 Å². The predicted molar refractivity (Wildman–Crippen MR) is 70.0 cm³/mol. The molecule has 0 spiro atoms. The summed E-state index contributed by atoms with van der Waals surface area (Å²) in [6, 6.07) is 0. The summed E-state index contributed by atoms with van der Waals surface area (Å²) < 4.78 is 79.2. The zero-order valence-electron chi connectivity index (χ0n) is 12.9. The summed E-state index contributed by atoms with van der Waals surface area (Å²) in [7, 11) is 4.33. The van der Waals surface area contributed by atoms with Gasteiger partial charge in [-0.25, -0.2) is 4.79 Å². The van der Waals surface area contributed by atoms with Crippen molar-refractivity contribution < 1.29 is 35.9 Å². The van der Waals surface area contributed by atoms with Gasteiger partial charge in [-0.2, -0.15) is 26.3 Å². The molecule has 1 aliphatic rings. The molecule has 1 heterocycles. The fraction of sp³-hybridized carbons (Fsp3) is 0.917. The topological polar surface area (TPSA) is 32.8 Å². The van der Waals surface area contributed by atoms with Crippen LogP contribution in [0.4, 0.5) is 31.1 Å². The van der Waals surface area contributed by atoms with Crippen molar-refractivity contribution in [3.05, 3.63) is 0 Å². The molecule has 23 heavy (non-hydrogen) atoms. The highest BCUT2D eigenvalue weighted by atomic mass is 19.4. The fourth-order valence-corrected chi connectivity index (χ4v) is 2.04. The maximum Gasteiger partial charge on any atom is 0.427 e. The summed E-state index contributed by atoms with van der Waals surface area (Å²) >= 11 is 0. The lowest BCUT2D eigenvalue weighted by atomic mass is 9.80. The van der Waals surface area contributed by atoms with Crippen LogP contribution in [-0.4, -0.2) is 73.3 Å². The summed E-state index contributed by atoms with van der Waals surface area (Å²) in [6.45, 7) is 6.20. The molecular weight excluding hydrogens is 329 g/mol. The maximum absolute atomic E-state index is 12.6. The van der Waals surface area contributed by atoms with Crippen LogP contribution in [0.2, 0.25) is 0 Å². The molecule has 1 aliphatic heterocycles. The Labute approximate surface area is 131 Å². The second kappa shape index (κ2) is 6.06. The first-order valence-electron chi connectivity index (χ1n) is 6.75. The lowest BCUT2D eigenvalue weighted by Crippen LogP contribution is -2.62. The van der Waals surface area contributed by atoms with E-state index in [1.807, 2.05) is 25.7 Å². The van der Waals surface area contributed by atoms with Crippen molar-refractivity contribution in [3.63, 3.8) is 0 Å². The van der Waals surface area contributed by atoms with E-state index >= 15 is 0 Å². The molecule has 0 atom stereocenters. The lowest BCUT2D eigenvalue weighted by molar-refractivity contribution is -0.331. The van der Waals surface area contributed by atoms with Gasteiger partial charge in [0.05, 0.1) is 0 Å². The molecule has 0 aromatic heterocycles. The smallest absolute Gasteiger partial charge is 0.427 e. The van der Waals surface area contributed by atoms with Crippen molar-refractivity contribution in [1.82, 2.24) is 9.80 Å². The minimum atomic E-state index is -5.98. The van der Waals surface area contributed by atoms with Gasteiger partial charge in [0, 0.05) is 31.7 Å². The number of alkyl halides is 6. The largest absolute Gasteiger partial charge is 0.434 e. The number of carbonyl (C=O) groups excluding carboxylic acids is 1. The molecule has 0 N–H and O–H groups in total. The van der Waals surface area contributed by atoms with Gasteiger partial charge < -0.3 is 9.64 Å². The van der Waals surface area contributed by atoms with E-state index in [-0.39, 0.29) is 18.6 Å². The number of piperazine rings is 1. The van der Waals surface area contributed by atoms with E-state index in [9.17, 15) is 31.1 Å². The second-order valence-electron chi connectivity index (χ2n) is 6.24. The molecule has 1 saturated heterocycles. The molecule has 132 valence electrons. The molecule has 1 rings (SSSR count). The molecule has 0 unspecified atom stereocenters. The Morgan fingerprint density at radius 2 is 1.30 bits per heavy atom. The number of rotatable bonds is 1. The first-order valence-corrected chi connectivity index (χ1v) is 6.75. The zero-order valence-corrected chi connectivity index (χ0v) is 12.9. The van der Waals surface area contributed by atoms with Crippen LogP contribution in [-0.2, 0) is 4.74 Å². The van der Waals surface area contributed by atoms with E-state index < -0.39 is 23.9 Å². The van der Waals surface area contributed by atoms with Crippen molar-refractivity contribution in [1.29, 1.82) is 0 Å². The molecule has 11 heteroatoms. The van der Waals surface area contributed by atoms with Crippen LogP contribution in [0.1, 0.15) is 20.8 Å². The van der Waals surface area contributed by atoms with Crippen LogP contribution >= 0.6 is 0 Å². The Balaban J connectivity index is 2.80. The first-order chi connectivity index (χ1) is 10.1. The molecule has 0 aromatic rings. The SMILES string of the molecule is [B]C(OC(=O)N1CCN(C(C)(C)C)CC1)(C(F)(F)F)C(F)(F)F. The minimum Gasteiger partial charge on any atom is -0.434 e. The van der Waals surface area contributed by atoms with Crippen LogP contribution in [0.15, 0.2) is 0 Å². The predicted octanol–water partition coefficient (Wildman–Crippen LogP) is 2.53. The third-order valence-electron chi connectivity index (χ3n) is 3.58. The van der Waals surface area contributed by atoms with E-state index in [0.29, 0.717) is 13.1 Å². The number of halogens is 6. The van der Waals surface area contributed by atoms with Gasteiger partial charge in [0.25, 0.3) is 5.50 Å². The minimum absolute atomic E-state index is 0.0537. The van der Waals surface area contributed by atoms with Crippen LogP contribution in [0, 0.1) is 0 Å². The Kier molecular flexibility index (Phi) is 5.25. The number of carbonyl (C=O) groups is 1. The van der Waals surface area contributed by atoms with Crippen LogP contribution < -0.4 is 0 Å². The number of nitrogens with zero attached hydrogens (tertiary/aromatic N) is 2. The average Bonchev–Trinajstić information content (AvgIpc) is 2.35. The third-order valence-corrected chi connectivity index (χ3v) is 3.58. The van der Waals surface area contributed by atoms with Crippen molar-refractivity contribution in [2.75, 3.05) is 26.2 Å². The maximum atomic E-state index is 12.6. The van der Waals surface area contributed by atoms with E-state index in [1.165, 1.54) is 0 Å². The molecule has 4 nitrogen and oxygen atoms in total. The van der Waals surface area contributed by atoms with Crippen molar-refractivity contribution in [2.24, 2.45) is 0 Å². The van der Waals surface area contributed by atoms with E-state index in [1.54, 1.807) is 0 Å². The third kappa shape index (κ3) is 4.24. The number of amides is 1. The molecule has 2 radical (unpaired) electrons. The quantitative estimate of drug-likeness (QED) is 0.540. The fourth-order valence-electron chi connectivity index (χ4n) is 2.04. The van der Waals surface area contributed by atoms with Gasteiger partial charge in [-0.3, -0.25) is 4.90 Å². The molecular formula is C12H17BF6N2O2. The summed E-state index contributed by atoms with van der Waals surface area (Å²) in [5.74, 6) is 0. The van der Waals surface area contributed by atoms with Crippen molar-refractivity contribution in [2.45, 2.75) is 44.2 Å². The molecule has 0 saturated carbocycles. The normalized spacial score (nSPS) is 18.9. The average molecular weight is 346 g/mol. The van der Waals surface area contributed by atoms with Gasteiger partial charge in [-0.1, -0.05) is 0 Å². The molecule has 1 fully saturated rings. The van der Waals surface area contributed by atoms with Crippen molar-refractivity contribution in [3.8, 4) is 0 Å². The Morgan fingerprint density at radius 3 is 1.61 bits per heavy atom. The van der Waals surface area contributed by atoms with Gasteiger partial charge in [-0.15, -0.1) is 0 Å². The summed E-state index contributed by atoms with van der Waals surface area (Å²) in [4.78, 5) is 14.4. The standard InChI is InChI=1S/C12H17BF6N2O2/c1-9(2,3)21-6-4-20(5-7-21)8(22)23-10(13,11(14,15)16)12(17,18)19/h4-7H2,1-3H3. The zero-order chi connectivity index (χ0) is 18.3. The Bertz CT molecular complexity index is 424. The first kappa shape index (κ1) is 19.9. The van der Waals surface area contributed by atoms with E-state index in [0.717, 1.165) is 4.90 Å². The summed E-state index contributed by atoms with van der Waals surface area (Å²) in [6.07, 6.45) is -13.7. The van der Waals surface area contributed by atoms with Gasteiger partial charge in [0.1, 0.15) is 0 Å². The Hall–Kier alpha value is -1.13. The molecule has 0 aliphatic carbocycles. The molecule has 0 bridgehead atoms. The highest BCUT2D eigenvalue weighted by Crippen LogP contribution is 2.43. The second-order valence-corrected chi connectivity index (χ2v) is 6.24. The molecule has 1 amide bonds. The monoisotopic (exact) mass is 346 g/mol. The van der Waals surface area contributed by atoms with Crippen molar-refractivity contribution >= 4 is 13.9 Å². The van der Waals surface area contributed by atoms with Gasteiger partial charge in [0.15, 0.2) is 7.85 Å².